The van der Waals surface area contributed by atoms with Crippen molar-refractivity contribution >= 4 is 60.8 Å². The Morgan fingerprint density at radius 1 is 0.275 bits per heavy atom. The summed E-state index contributed by atoms with van der Waals surface area (Å²) in [6.45, 7) is 0. The summed E-state index contributed by atoms with van der Waals surface area (Å²) >= 11 is 0. The maximum Gasteiger partial charge on any atom is 0.143 e. The van der Waals surface area contributed by atoms with E-state index in [0.29, 0.717) is 0 Å². The standard InChI is InChI=1S/C66H44N2O/c1-3-14-45(15-4-1)48-30-37-53(38-31-48)67(55-41-34-51(35-42-55)57-21-13-22-60-59-20-9-12-25-65(59)69-66(57)60)54-39-32-49(33-40-54)47-26-28-50(29-27-47)56-18-7-10-23-62(56)68-63-24-11-8-19-58(63)61-44-52(36-43-64(61)68)46-16-5-2-6-17-46/h1-44H. The number of anilines is 3. The summed E-state index contributed by atoms with van der Waals surface area (Å²) in [5.74, 6) is 0. The van der Waals surface area contributed by atoms with E-state index in [1.165, 1.54) is 55.2 Å². The molecule has 0 amide bonds. The third-order valence-electron chi connectivity index (χ3n) is 13.7. The maximum atomic E-state index is 6.43. The molecular weight excluding hydrogens is 837 g/mol. The molecule has 0 N–H and O–H groups in total. The van der Waals surface area contributed by atoms with Crippen molar-refractivity contribution in [3.8, 4) is 61.3 Å². The van der Waals surface area contributed by atoms with Crippen LogP contribution in [0.4, 0.5) is 17.1 Å². The number of rotatable bonds is 9. The summed E-state index contributed by atoms with van der Waals surface area (Å²) in [6, 6.07) is 96.0. The highest BCUT2D eigenvalue weighted by Crippen LogP contribution is 2.42. The second-order valence-corrected chi connectivity index (χ2v) is 17.7. The van der Waals surface area contributed by atoms with Gasteiger partial charge in [0.15, 0.2) is 0 Å². The average molecular weight is 881 g/mol. The molecule has 0 aliphatic heterocycles. The molecule has 2 heterocycles. The third kappa shape index (κ3) is 7.16. The van der Waals surface area contributed by atoms with Crippen molar-refractivity contribution in [3.63, 3.8) is 0 Å². The summed E-state index contributed by atoms with van der Waals surface area (Å²) in [5, 5.41) is 4.76. The molecule has 0 spiro atoms. The van der Waals surface area contributed by atoms with Gasteiger partial charge in [-0.15, -0.1) is 0 Å². The normalized spacial score (nSPS) is 11.5. The fourth-order valence-corrected chi connectivity index (χ4v) is 10.2. The molecular formula is C66H44N2O. The minimum atomic E-state index is 0.903. The van der Waals surface area contributed by atoms with Gasteiger partial charge < -0.3 is 13.9 Å². The molecule has 3 heteroatoms. The SMILES string of the molecule is c1ccc(-c2ccc(N(c3ccc(-c4ccc(-c5ccccc5-n5c6ccccc6c6cc(-c7ccccc7)ccc65)cc4)cc3)c3ccc(-c4cccc5c4oc4ccccc45)cc3)cc2)cc1. The van der Waals surface area contributed by atoms with Gasteiger partial charge in [0.05, 0.1) is 16.7 Å². The Balaban J connectivity index is 0.833. The van der Waals surface area contributed by atoms with Crippen LogP contribution in [0.1, 0.15) is 0 Å². The van der Waals surface area contributed by atoms with Crippen LogP contribution in [0.2, 0.25) is 0 Å². The van der Waals surface area contributed by atoms with Crippen molar-refractivity contribution in [3.05, 3.63) is 267 Å². The van der Waals surface area contributed by atoms with Crippen LogP contribution >= 0.6 is 0 Å². The molecule has 3 nitrogen and oxygen atoms in total. The summed E-state index contributed by atoms with van der Waals surface area (Å²) in [5.41, 5.74) is 20.3. The van der Waals surface area contributed by atoms with E-state index in [9.17, 15) is 0 Å². The van der Waals surface area contributed by atoms with Crippen LogP contribution in [0, 0.1) is 0 Å². The number of hydrogen-bond donors (Lipinski definition) is 0. The Bertz CT molecular complexity index is 3960. The Kier molecular flexibility index (Phi) is 9.84. The van der Waals surface area contributed by atoms with E-state index in [1.807, 2.05) is 12.1 Å². The molecule has 13 aromatic rings. The second kappa shape index (κ2) is 16.9. The summed E-state index contributed by atoms with van der Waals surface area (Å²) < 4.78 is 8.86. The highest BCUT2D eigenvalue weighted by molar-refractivity contribution is 6.11. The van der Waals surface area contributed by atoms with Gasteiger partial charge in [-0.1, -0.05) is 200 Å². The zero-order valence-corrected chi connectivity index (χ0v) is 37.7. The van der Waals surface area contributed by atoms with E-state index in [4.69, 9.17) is 4.42 Å². The fraction of sp³-hybridized carbons (Fsp3) is 0. The molecule has 11 aromatic carbocycles. The van der Waals surface area contributed by atoms with Gasteiger partial charge in [-0.3, -0.25) is 0 Å². The molecule has 0 fully saturated rings. The monoisotopic (exact) mass is 880 g/mol. The Labute approximate surface area is 401 Å². The topological polar surface area (TPSA) is 21.3 Å². The van der Waals surface area contributed by atoms with Crippen molar-refractivity contribution in [2.45, 2.75) is 0 Å². The number of benzene rings is 11. The van der Waals surface area contributed by atoms with Crippen LogP contribution < -0.4 is 4.90 Å². The van der Waals surface area contributed by atoms with Crippen molar-refractivity contribution in [2.75, 3.05) is 4.90 Å². The number of aromatic nitrogens is 1. The molecule has 0 saturated carbocycles. The van der Waals surface area contributed by atoms with Crippen molar-refractivity contribution in [1.29, 1.82) is 0 Å². The third-order valence-corrected chi connectivity index (χ3v) is 13.7. The Morgan fingerprint density at radius 2 is 0.710 bits per heavy atom. The molecule has 0 aliphatic carbocycles. The first-order valence-electron chi connectivity index (χ1n) is 23.6. The van der Waals surface area contributed by atoms with Crippen LogP contribution in [-0.2, 0) is 0 Å². The molecule has 0 radical (unpaired) electrons. The minimum Gasteiger partial charge on any atom is -0.455 e. The minimum absolute atomic E-state index is 0.903. The molecule has 0 atom stereocenters. The van der Waals surface area contributed by atoms with Gasteiger partial charge in [-0.05, 0) is 111 Å². The van der Waals surface area contributed by atoms with Gasteiger partial charge >= 0.3 is 0 Å². The Hall–Kier alpha value is -9.18. The average Bonchev–Trinajstić information content (AvgIpc) is 3.98. The van der Waals surface area contributed by atoms with Gasteiger partial charge in [0, 0.05) is 49.7 Å². The largest absolute Gasteiger partial charge is 0.455 e. The Morgan fingerprint density at radius 3 is 1.38 bits per heavy atom. The maximum absolute atomic E-state index is 6.43. The molecule has 324 valence electrons. The van der Waals surface area contributed by atoms with Gasteiger partial charge in [-0.2, -0.15) is 0 Å². The summed E-state index contributed by atoms with van der Waals surface area (Å²) in [4.78, 5) is 2.33. The van der Waals surface area contributed by atoms with Crippen LogP contribution in [0.25, 0.3) is 105 Å². The van der Waals surface area contributed by atoms with Gasteiger partial charge in [0.1, 0.15) is 11.2 Å². The summed E-state index contributed by atoms with van der Waals surface area (Å²) in [6.07, 6.45) is 0. The lowest BCUT2D eigenvalue weighted by molar-refractivity contribution is 0.670. The van der Waals surface area contributed by atoms with E-state index in [1.54, 1.807) is 0 Å². The highest BCUT2D eigenvalue weighted by atomic mass is 16.3. The first-order chi connectivity index (χ1) is 34.2. The highest BCUT2D eigenvalue weighted by Gasteiger charge is 2.18. The molecule has 0 saturated heterocycles. The first kappa shape index (κ1) is 40.1. The van der Waals surface area contributed by atoms with E-state index in [-0.39, 0.29) is 0 Å². The van der Waals surface area contributed by atoms with Gasteiger partial charge in [-0.25, -0.2) is 0 Å². The smallest absolute Gasteiger partial charge is 0.143 e. The summed E-state index contributed by atoms with van der Waals surface area (Å²) in [7, 11) is 0. The molecule has 0 aliphatic rings. The van der Waals surface area contributed by atoms with Crippen molar-refractivity contribution in [1.82, 2.24) is 4.57 Å². The lowest BCUT2D eigenvalue weighted by atomic mass is 9.98. The van der Waals surface area contributed by atoms with Crippen LogP contribution in [0.3, 0.4) is 0 Å². The van der Waals surface area contributed by atoms with Gasteiger partial charge in [0.2, 0.25) is 0 Å². The number of para-hydroxylation sites is 4. The second-order valence-electron chi connectivity index (χ2n) is 17.7. The fourth-order valence-electron chi connectivity index (χ4n) is 10.2. The van der Waals surface area contributed by atoms with E-state index < -0.39 is 0 Å². The molecule has 69 heavy (non-hydrogen) atoms. The van der Waals surface area contributed by atoms with Crippen molar-refractivity contribution in [2.24, 2.45) is 0 Å². The lowest BCUT2D eigenvalue weighted by Crippen LogP contribution is -2.09. The van der Waals surface area contributed by atoms with E-state index in [0.717, 1.165) is 66.9 Å². The number of fused-ring (bicyclic) bond motifs is 6. The number of furan rings is 1. The van der Waals surface area contributed by atoms with Crippen LogP contribution in [0.15, 0.2) is 271 Å². The molecule has 0 unspecified atom stereocenters. The van der Waals surface area contributed by atoms with Gasteiger partial charge in [0.25, 0.3) is 0 Å². The zero-order chi connectivity index (χ0) is 45.7. The molecule has 13 rings (SSSR count). The lowest BCUT2D eigenvalue weighted by Gasteiger charge is -2.26. The predicted octanol–water partition coefficient (Wildman–Crippen LogP) is 18.5. The molecule has 2 aromatic heterocycles. The predicted molar refractivity (Wildman–Crippen MR) is 290 cm³/mol. The number of hydrogen-bond acceptors (Lipinski definition) is 2. The first-order valence-corrected chi connectivity index (χ1v) is 23.6. The molecule has 0 bridgehead atoms. The van der Waals surface area contributed by atoms with Crippen LogP contribution in [-0.4, -0.2) is 4.57 Å². The quantitative estimate of drug-likeness (QED) is 0.144. The van der Waals surface area contributed by atoms with Crippen LogP contribution in [0.5, 0.6) is 0 Å². The number of nitrogens with zero attached hydrogens (tertiary/aromatic N) is 2. The van der Waals surface area contributed by atoms with E-state index in [2.05, 4.69) is 264 Å². The van der Waals surface area contributed by atoms with Crippen molar-refractivity contribution < 1.29 is 4.42 Å². The van der Waals surface area contributed by atoms with E-state index >= 15 is 0 Å². The zero-order valence-electron chi connectivity index (χ0n) is 37.7.